The highest BCUT2D eigenvalue weighted by Crippen LogP contribution is 2.30. The lowest BCUT2D eigenvalue weighted by atomic mass is 9.84. The van der Waals surface area contributed by atoms with Gasteiger partial charge >= 0.3 is 0 Å². The predicted octanol–water partition coefficient (Wildman–Crippen LogP) is 2.83. The topological polar surface area (TPSA) is 97.4 Å². The van der Waals surface area contributed by atoms with Gasteiger partial charge in [0.05, 0.1) is 36.4 Å². The maximum absolute atomic E-state index is 10.6. The molecule has 10 nitrogen and oxygen atoms in total. The van der Waals surface area contributed by atoms with Crippen LogP contribution in [0.4, 0.5) is 5.82 Å². The van der Waals surface area contributed by atoms with E-state index in [0.717, 1.165) is 78.7 Å². The number of fused-ring (bicyclic) bond motifs is 2. The summed E-state index contributed by atoms with van der Waals surface area (Å²) >= 11 is 0. The van der Waals surface area contributed by atoms with E-state index in [2.05, 4.69) is 20.4 Å². The maximum atomic E-state index is 10.6. The van der Waals surface area contributed by atoms with Gasteiger partial charge in [-0.2, -0.15) is 9.97 Å². The Morgan fingerprint density at radius 3 is 2.62 bits per heavy atom. The molecule has 2 fully saturated rings. The van der Waals surface area contributed by atoms with Gasteiger partial charge in [0.25, 0.3) is 0 Å². The zero-order valence-corrected chi connectivity index (χ0v) is 22.2. The lowest BCUT2D eigenvalue weighted by Gasteiger charge is -2.38. The van der Waals surface area contributed by atoms with E-state index in [1.54, 1.807) is 0 Å². The molecule has 5 heterocycles. The van der Waals surface area contributed by atoms with Crippen LogP contribution in [0.3, 0.4) is 0 Å². The Kier molecular flexibility index (Phi) is 6.13. The van der Waals surface area contributed by atoms with Crippen LogP contribution < -0.4 is 4.90 Å². The van der Waals surface area contributed by atoms with Gasteiger partial charge in [0.15, 0.2) is 17.0 Å². The van der Waals surface area contributed by atoms with Gasteiger partial charge in [-0.25, -0.2) is 9.97 Å². The molecule has 0 radical (unpaired) electrons. The second-order valence-electron chi connectivity index (χ2n) is 10.9. The first-order valence-corrected chi connectivity index (χ1v) is 13.2. The number of benzene rings is 1. The van der Waals surface area contributed by atoms with Crippen molar-refractivity contribution in [3.8, 4) is 5.95 Å². The summed E-state index contributed by atoms with van der Waals surface area (Å²) in [5.74, 6) is 3.51. The van der Waals surface area contributed by atoms with Crippen molar-refractivity contribution in [2.75, 3.05) is 44.3 Å². The van der Waals surface area contributed by atoms with Crippen molar-refractivity contribution in [2.45, 2.75) is 45.8 Å². The number of rotatable bonds is 5. The molecule has 10 heteroatoms. The molecule has 0 bridgehead atoms. The summed E-state index contributed by atoms with van der Waals surface area (Å²) in [7, 11) is 2.04. The molecule has 1 aromatic carbocycles. The predicted molar refractivity (Wildman–Crippen MR) is 143 cm³/mol. The summed E-state index contributed by atoms with van der Waals surface area (Å²) in [6.45, 7) is 11.3. The Balaban J connectivity index is 1.44. The first-order valence-electron chi connectivity index (χ1n) is 13.2. The summed E-state index contributed by atoms with van der Waals surface area (Å²) < 4.78 is 9.76. The number of ether oxygens (including phenoxy) is 1. The van der Waals surface area contributed by atoms with Crippen LogP contribution in [0.25, 0.3) is 28.1 Å². The molecule has 2 aliphatic heterocycles. The normalized spacial score (nSPS) is 19.8. The van der Waals surface area contributed by atoms with Crippen LogP contribution in [0.15, 0.2) is 24.3 Å². The van der Waals surface area contributed by atoms with Gasteiger partial charge in [-0.1, -0.05) is 12.1 Å². The van der Waals surface area contributed by atoms with E-state index in [0.29, 0.717) is 25.7 Å². The number of hydrogen-bond donors (Lipinski definition) is 1. The summed E-state index contributed by atoms with van der Waals surface area (Å²) in [4.78, 5) is 24.6. The second kappa shape index (κ2) is 9.34. The second-order valence-corrected chi connectivity index (χ2v) is 10.9. The third kappa shape index (κ3) is 4.47. The molecular formula is C27H36N8O2. The van der Waals surface area contributed by atoms with Crippen molar-refractivity contribution in [1.29, 1.82) is 0 Å². The van der Waals surface area contributed by atoms with Crippen LogP contribution in [-0.2, 0) is 18.3 Å². The number of imidazole rings is 2. The minimum Gasteiger partial charge on any atom is -0.390 e. The molecule has 2 saturated heterocycles. The van der Waals surface area contributed by atoms with E-state index in [9.17, 15) is 5.11 Å². The lowest BCUT2D eigenvalue weighted by Crippen LogP contribution is -2.44. The molecule has 37 heavy (non-hydrogen) atoms. The third-order valence-electron chi connectivity index (χ3n) is 7.89. The van der Waals surface area contributed by atoms with Crippen LogP contribution in [0, 0.1) is 12.8 Å². The van der Waals surface area contributed by atoms with E-state index < -0.39 is 5.60 Å². The van der Waals surface area contributed by atoms with Gasteiger partial charge in [-0.05, 0) is 58.2 Å². The number of nitrogens with zero attached hydrogens (tertiary/aromatic N) is 8. The van der Waals surface area contributed by atoms with Crippen molar-refractivity contribution in [3.63, 3.8) is 0 Å². The van der Waals surface area contributed by atoms with Crippen molar-refractivity contribution in [2.24, 2.45) is 13.0 Å². The number of morpholine rings is 1. The molecule has 3 aromatic heterocycles. The number of anilines is 1. The maximum Gasteiger partial charge on any atom is 0.239 e. The standard InChI is InChI=1S/C27H36N8O2/c1-18-28-20-9-5-6-10-21(20)35(18)26-30-24-23(25(31-26)34-12-14-37-15-13-34)29-22(32(24)4)17-33-11-7-8-19(16-33)27(2,3)36/h5-6,9-10,19,36H,7-8,11-17H2,1-4H3. The van der Waals surface area contributed by atoms with E-state index in [1.165, 1.54) is 0 Å². The van der Waals surface area contributed by atoms with E-state index in [4.69, 9.17) is 24.7 Å². The van der Waals surface area contributed by atoms with Crippen LogP contribution in [0.2, 0.25) is 0 Å². The molecule has 2 aliphatic rings. The summed E-state index contributed by atoms with van der Waals surface area (Å²) in [5, 5.41) is 10.6. The number of aromatic nitrogens is 6. The van der Waals surface area contributed by atoms with Crippen molar-refractivity contribution in [3.05, 3.63) is 35.9 Å². The fourth-order valence-electron chi connectivity index (χ4n) is 5.69. The first kappa shape index (κ1) is 24.3. The Morgan fingerprint density at radius 1 is 1.05 bits per heavy atom. The highest BCUT2D eigenvalue weighted by molar-refractivity contribution is 5.86. The quantitative estimate of drug-likeness (QED) is 0.443. The Bertz CT molecular complexity index is 1430. The Hall–Kier alpha value is -3.08. The molecule has 0 spiro atoms. The van der Waals surface area contributed by atoms with Gasteiger partial charge in [-0.3, -0.25) is 9.47 Å². The molecule has 0 amide bonds. The molecular weight excluding hydrogens is 468 g/mol. The van der Waals surface area contributed by atoms with Crippen LogP contribution >= 0.6 is 0 Å². The van der Waals surface area contributed by atoms with Gasteiger partial charge in [-0.15, -0.1) is 0 Å². The molecule has 1 unspecified atom stereocenters. The lowest BCUT2D eigenvalue weighted by molar-refractivity contribution is -0.0203. The number of aryl methyl sites for hydroxylation is 2. The van der Waals surface area contributed by atoms with Crippen LogP contribution in [0.5, 0.6) is 0 Å². The van der Waals surface area contributed by atoms with E-state index in [1.807, 2.05) is 50.6 Å². The molecule has 1 N–H and O–H groups in total. The first-order chi connectivity index (χ1) is 17.8. The zero-order chi connectivity index (χ0) is 25.7. The average molecular weight is 505 g/mol. The summed E-state index contributed by atoms with van der Waals surface area (Å²) in [6, 6.07) is 8.09. The summed E-state index contributed by atoms with van der Waals surface area (Å²) in [6.07, 6.45) is 2.13. The fourth-order valence-corrected chi connectivity index (χ4v) is 5.69. The van der Waals surface area contributed by atoms with E-state index in [-0.39, 0.29) is 5.92 Å². The molecule has 0 saturated carbocycles. The molecule has 0 aliphatic carbocycles. The van der Waals surface area contributed by atoms with Crippen LogP contribution in [0.1, 0.15) is 38.3 Å². The average Bonchev–Trinajstić information content (AvgIpc) is 3.39. The molecule has 4 aromatic rings. The smallest absolute Gasteiger partial charge is 0.239 e. The minimum atomic E-state index is -0.680. The Labute approximate surface area is 216 Å². The Morgan fingerprint density at radius 2 is 1.84 bits per heavy atom. The van der Waals surface area contributed by atoms with Gasteiger partial charge < -0.3 is 19.3 Å². The fraction of sp³-hybridized carbons (Fsp3) is 0.556. The largest absolute Gasteiger partial charge is 0.390 e. The molecule has 1 atom stereocenters. The van der Waals surface area contributed by atoms with Gasteiger partial charge in [0.1, 0.15) is 11.6 Å². The monoisotopic (exact) mass is 504 g/mol. The number of aliphatic hydroxyl groups is 1. The number of para-hydroxylation sites is 2. The van der Waals surface area contributed by atoms with E-state index >= 15 is 0 Å². The zero-order valence-electron chi connectivity index (χ0n) is 22.2. The number of piperidine rings is 1. The van der Waals surface area contributed by atoms with Gasteiger partial charge in [0.2, 0.25) is 5.95 Å². The molecule has 196 valence electrons. The molecule has 6 rings (SSSR count). The minimum absolute atomic E-state index is 0.253. The van der Waals surface area contributed by atoms with Crippen LogP contribution in [-0.4, -0.2) is 84.1 Å². The highest BCUT2D eigenvalue weighted by atomic mass is 16.5. The summed E-state index contributed by atoms with van der Waals surface area (Å²) in [5.41, 5.74) is 2.87. The van der Waals surface area contributed by atoms with Crippen molar-refractivity contribution in [1.82, 2.24) is 34.0 Å². The third-order valence-corrected chi connectivity index (χ3v) is 7.89. The van der Waals surface area contributed by atoms with Crippen molar-refractivity contribution < 1.29 is 9.84 Å². The highest BCUT2D eigenvalue weighted by Gasteiger charge is 2.32. The SMILES string of the molecule is Cc1nc2ccccc2n1-c1nc(N2CCOCC2)c2nc(CN3CCCC(C(C)(C)O)C3)n(C)c2n1. The number of hydrogen-bond acceptors (Lipinski definition) is 8. The van der Waals surface area contributed by atoms with Gasteiger partial charge in [0, 0.05) is 26.7 Å². The number of likely N-dealkylation sites (tertiary alicyclic amines) is 1. The van der Waals surface area contributed by atoms with Crippen molar-refractivity contribution >= 4 is 28.0 Å².